The summed E-state index contributed by atoms with van der Waals surface area (Å²) in [6.07, 6.45) is 0.899. The van der Waals surface area contributed by atoms with Crippen LogP contribution >= 0.6 is 0 Å². The lowest BCUT2D eigenvalue weighted by Gasteiger charge is -2.38. The van der Waals surface area contributed by atoms with Crippen molar-refractivity contribution in [2.24, 2.45) is 0 Å². The zero-order chi connectivity index (χ0) is 18.1. The molecule has 2 heteroatoms. The van der Waals surface area contributed by atoms with Crippen LogP contribution in [0.25, 0.3) is 0 Å². The van der Waals surface area contributed by atoms with Gasteiger partial charge in [-0.3, -0.25) is 4.79 Å². The highest BCUT2D eigenvalue weighted by atomic mass is 16.2. The second kappa shape index (κ2) is 6.80. The molecule has 0 radical (unpaired) electrons. The maximum absolute atomic E-state index is 13.3. The summed E-state index contributed by atoms with van der Waals surface area (Å²) >= 11 is 0. The number of fused-ring (bicyclic) bond motifs is 1. The molecule has 0 saturated carbocycles. The Kier molecular flexibility index (Phi) is 4.34. The topological polar surface area (TPSA) is 20.3 Å². The third kappa shape index (κ3) is 3.03. The van der Waals surface area contributed by atoms with Crippen LogP contribution in [-0.4, -0.2) is 17.4 Å². The third-order valence-corrected chi connectivity index (χ3v) is 5.24. The highest BCUT2D eigenvalue weighted by Crippen LogP contribution is 2.36. The number of nitrogens with zero attached hydrogens (tertiary/aromatic N) is 1. The number of aryl methyl sites for hydroxylation is 2. The average molecular weight is 341 g/mol. The fraction of sp³-hybridized carbons (Fsp3) is 0.208. The van der Waals surface area contributed by atoms with Crippen LogP contribution in [0.4, 0.5) is 0 Å². The maximum atomic E-state index is 13.3. The molecule has 0 saturated heterocycles. The van der Waals surface area contributed by atoms with Crippen LogP contribution in [0.1, 0.15) is 44.2 Å². The average Bonchev–Trinajstić information content (AvgIpc) is 2.68. The number of carbonyl (C=O) groups excluding carboxylic acids is 1. The van der Waals surface area contributed by atoms with Gasteiger partial charge in [0.05, 0.1) is 6.04 Å². The summed E-state index contributed by atoms with van der Waals surface area (Å²) < 4.78 is 0. The molecule has 1 heterocycles. The molecule has 0 N–H and O–H groups in total. The smallest absolute Gasteiger partial charge is 0.254 e. The van der Waals surface area contributed by atoms with Gasteiger partial charge in [0.1, 0.15) is 0 Å². The van der Waals surface area contributed by atoms with Gasteiger partial charge in [0.2, 0.25) is 0 Å². The molecule has 1 amide bonds. The van der Waals surface area contributed by atoms with Crippen LogP contribution in [0, 0.1) is 13.8 Å². The SMILES string of the molecule is Cc1ccc(C(=O)N2CCc3ccccc3C2c2ccc(C)cc2)cc1. The molecule has 3 aromatic carbocycles. The van der Waals surface area contributed by atoms with Gasteiger partial charge in [-0.1, -0.05) is 71.8 Å². The monoisotopic (exact) mass is 341 g/mol. The molecule has 1 aliphatic heterocycles. The molecular weight excluding hydrogens is 318 g/mol. The molecule has 0 spiro atoms. The number of benzene rings is 3. The van der Waals surface area contributed by atoms with Gasteiger partial charge in [-0.25, -0.2) is 0 Å². The van der Waals surface area contributed by atoms with Crippen molar-refractivity contribution >= 4 is 5.91 Å². The van der Waals surface area contributed by atoms with Gasteiger partial charge in [-0.15, -0.1) is 0 Å². The van der Waals surface area contributed by atoms with E-state index in [-0.39, 0.29) is 11.9 Å². The highest BCUT2D eigenvalue weighted by Gasteiger charge is 2.32. The molecular formula is C24H23NO. The summed E-state index contributed by atoms with van der Waals surface area (Å²) in [7, 11) is 0. The summed E-state index contributed by atoms with van der Waals surface area (Å²) in [4.78, 5) is 15.3. The van der Waals surface area contributed by atoms with Crippen LogP contribution < -0.4 is 0 Å². The minimum Gasteiger partial charge on any atom is -0.327 e. The Morgan fingerprint density at radius 3 is 2.15 bits per heavy atom. The van der Waals surface area contributed by atoms with E-state index in [9.17, 15) is 4.79 Å². The van der Waals surface area contributed by atoms with E-state index in [4.69, 9.17) is 0 Å². The summed E-state index contributed by atoms with van der Waals surface area (Å²) in [6, 6.07) is 24.9. The van der Waals surface area contributed by atoms with E-state index >= 15 is 0 Å². The first-order valence-electron chi connectivity index (χ1n) is 9.15. The lowest BCUT2D eigenvalue weighted by Crippen LogP contribution is -2.40. The second-order valence-corrected chi connectivity index (χ2v) is 7.13. The number of amides is 1. The quantitative estimate of drug-likeness (QED) is 0.636. The molecule has 0 fully saturated rings. The molecule has 0 bridgehead atoms. The van der Waals surface area contributed by atoms with Gasteiger partial charge in [-0.2, -0.15) is 0 Å². The van der Waals surface area contributed by atoms with Crippen molar-refractivity contribution in [3.05, 3.63) is 106 Å². The van der Waals surface area contributed by atoms with E-state index in [1.54, 1.807) is 0 Å². The zero-order valence-electron chi connectivity index (χ0n) is 15.3. The maximum Gasteiger partial charge on any atom is 0.254 e. The van der Waals surface area contributed by atoms with E-state index < -0.39 is 0 Å². The van der Waals surface area contributed by atoms with Crippen molar-refractivity contribution in [3.8, 4) is 0 Å². The minimum absolute atomic E-state index is 0.0330. The van der Waals surface area contributed by atoms with E-state index in [0.717, 1.165) is 18.5 Å². The number of hydrogen-bond donors (Lipinski definition) is 0. The predicted octanol–water partition coefficient (Wildman–Crippen LogP) is 5.09. The Hall–Kier alpha value is -2.87. The van der Waals surface area contributed by atoms with Gasteiger partial charge in [0.25, 0.3) is 5.91 Å². The fourth-order valence-electron chi connectivity index (χ4n) is 3.76. The molecule has 3 aromatic rings. The second-order valence-electron chi connectivity index (χ2n) is 7.13. The Labute approximate surface area is 155 Å². The van der Waals surface area contributed by atoms with Gasteiger partial charge in [0.15, 0.2) is 0 Å². The van der Waals surface area contributed by atoms with Gasteiger partial charge < -0.3 is 4.90 Å². The lowest BCUT2D eigenvalue weighted by molar-refractivity contribution is 0.0694. The molecule has 0 aliphatic carbocycles. The van der Waals surface area contributed by atoms with Crippen molar-refractivity contribution in [1.82, 2.24) is 4.90 Å². The van der Waals surface area contributed by atoms with Gasteiger partial charge in [0, 0.05) is 12.1 Å². The molecule has 26 heavy (non-hydrogen) atoms. The summed E-state index contributed by atoms with van der Waals surface area (Å²) in [5.74, 6) is 0.102. The first-order valence-corrected chi connectivity index (χ1v) is 9.15. The van der Waals surface area contributed by atoms with Crippen LogP contribution in [0.15, 0.2) is 72.8 Å². The normalized spacial score (nSPS) is 16.2. The van der Waals surface area contributed by atoms with Crippen LogP contribution in [0.5, 0.6) is 0 Å². The largest absolute Gasteiger partial charge is 0.327 e. The molecule has 2 nitrogen and oxygen atoms in total. The molecule has 1 unspecified atom stereocenters. The first kappa shape index (κ1) is 16.6. The highest BCUT2D eigenvalue weighted by molar-refractivity contribution is 5.95. The van der Waals surface area contributed by atoms with Crippen LogP contribution in [-0.2, 0) is 6.42 Å². The molecule has 1 aliphatic rings. The lowest BCUT2D eigenvalue weighted by atomic mass is 9.87. The van der Waals surface area contributed by atoms with Crippen molar-refractivity contribution in [1.29, 1.82) is 0 Å². The van der Waals surface area contributed by atoms with Crippen molar-refractivity contribution in [3.63, 3.8) is 0 Å². The van der Waals surface area contributed by atoms with E-state index in [0.29, 0.717) is 0 Å². The van der Waals surface area contributed by atoms with Crippen molar-refractivity contribution in [2.45, 2.75) is 26.3 Å². The van der Waals surface area contributed by atoms with Gasteiger partial charge in [-0.05, 0) is 49.1 Å². The standard InChI is InChI=1S/C24H23NO/c1-17-7-11-20(12-8-17)23-22-6-4-3-5-19(22)15-16-25(23)24(26)21-13-9-18(2)10-14-21/h3-14,23H,15-16H2,1-2H3. The number of hydrogen-bond acceptors (Lipinski definition) is 1. The molecule has 130 valence electrons. The van der Waals surface area contributed by atoms with E-state index in [2.05, 4.69) is 55.5 Å². The van der Waals surface area contributed by atoms with Crippen molar-refractivity contribution < 1.29 is 4.79 Å². The van der Waals surface area contributed by atoms with E-state index in [1.165, 1.54) is 27.8 Å². The predicted molar refractivity (Wildman–Crippen MR) is 105 cm³/mol. The van der Waals surface area contributed by atoms with Crippen LogP contribution in [0.2, 0.25) is 0 Å². The molecule has 4 rings (SSSR count). The Morgan fingerprint density at radius 1 is 0.846 bits per heavy atom. The minimum atomic E-state index is -0.0330. The molecule has 1 atom stereocenters. The zero-order valence-corrected chi connectivity index (χ0v) is 15.3. The Balaban J connectivity index is 1.78. The first-order chi connectivity index (χ1) is 12.6. The third-order valence-electron chi connectivity index (χ3n) is 5.24. The fourth-order valence-corrected chi connectivity index (χ4v) is 3.76. The Bertz CT molecular complexity index is 925. The molecule has 0 aromatic heterocycles. The summed E-state index contributed by atoms with van der Waals surface area (Å²) in [5.41, 5.74) is 6.90. The number of carbonyl (C=O) groups is 1. The summed E-state index contributed by atoms with van der Waals surface area (Å²) in [5, 5.41) is 0. The van der Waals surface area contributed by atoms with Crippen LogP contribution in [0.3, 0.4) is 0 Å². The Morgan fingerprint density at radius 2 is 1.46 bits per heavy atom. The summed E-state index contributed by atoms with van der Waals surface area (Å²) in [6.45, 7) is 4.87. The van der Waals surface area contributed by atoms with E-state index in [1.807, 2.05) is 36.1 Å². The van der Waals surface area contributed by atoms with Crippen molar-refractivity contribution in [2.75, 3.05) is 6.54 Å². The number of rotatable bonds is 2. The van der Waals surface area contributed by atoms with Gasteiger partial charge >= 0.3 is 0 Å².